The molecule has 1 saturated heterocycles. The second-order valence-electron chi connectivity index (χ2n) is 2.77. The minimum Gasteiger partial charge on any atom is -0.324 e. The maximum Gasteiger partial charge on any atom is 0.161 e. The van der Waals surface area contributed by atoms with Gasteiger partial charge in [-0.1, -0.05) is 6.08 Å². The number of hydrogen-bond donors (Lipinski definition) is 0. The Bertz CT molecular complexity index is 154. The third-order valence-corrected chi connectivity index (χ3v) is 1.42. The Hall–Kier alpha value is -0.710. The summed E-state index contributed by atoms with van der Waals surface area (Å²) in [4.78, 5) is 9.32. The summed E-state index contributed by atoms with van der Waals surface area (Å²) in [6.45, 7) is 7.37. The lowest BCUT2D eigenvalue weighted by Gasteiger charge is -2.30. The zero-order chi connectivity index (χ0) is 11.0. The molecule has 1 rings (SSSR count). The molecule has 0 unspecified atom stereocenters. The van der Waals surface area contributed by atoms with Gasteiger partial charge in [0, 0.05) is 0 Å². The summed E-state index contributed by atoms with van der Waals surface area (Å²) in [5.41, 5.74) is 0. The average molecular weight is 202 g/mol. The number of carbonyl (C=O) groups is 1. The van der Waals surface area contributed by atoms with Gasteiger partial charge in [-0.15, -0.1) is 0 Å². The maximum atomic E-state index is 9.32. The summed E-state index contributed by atoms with van der Waals surface area (Å²) in [5, 5.41) is 0. The molecule has 1 heterocycles. The molecule has 0 aromatic heterocycles. The lowest BCUT2D eigenvalue weighted by Crippen LogP contribution is -2.35. The predicted molar refractivity (Wildman–Crippen MR) is 52.5 cm³/mol. The molecular formula is C10H18O4. The van der Waals surface area contributed by atoms with Crippen LogP contribution in [-0.4, -0.2) is 25.2 Å². The Morgan fingerprint density at radius 1 is 0.929 bits per heavy atom. The molecule has 1 aliphatic heterocycles. The first-order valence-corrected chi connectivity index (χ1v) is 4.63. The van der Waals surface area contributed by atoms with E-state index in [1.165, 1.54) is 6.08 Å². The number of allylic oxidation sites excluding steroid dienone is 2. The van der Waals surface area contributed by atoms with Gasteiger partial charge in [-0.05, 0) is 33.8 Å². The van der Waals surface area contributed by atoms with Gasteiger partial charge < -0.3 is 14.2 Å². The Morgan fingerprint density at radius 3 is 1.43 bits per heavy atom. The van der Waals surface area contributed by atoms with Crippen LogP contribution in [0.2, 0.25) is 0 Å². The number of aldehydes is 1. The van der Waals surface area contributed by atoms with E-state index in [0.717, 1.165) is 6.29 Å². The second-order valence-corrected chi connectivity index (χ2v) is 2.77. The summed E-state index contributed by atoms with van der Waals surface area (Å²) >= 11 is 0. The van der Waals surface area contributed by atoms with E-state index in [2.05, 4.69) is 0 Å². The lowest BCUT2D eigenvalue weighted by atomic mass is 10.6. The van der Waals surface area contributed by atoms with Gasteiger partial charge in [0.05, 0.1) is 0 Å². The van der Waals surface area contributed by atoms with Crippen LogP contribution in [0, 0.1) is 0 Å². The minimum atomic E-state index is -0.135. The van der Waals surface area contributed by atoms with Crippen LogP contribution in [0.4, 0.5) is 0 Å². The van der Waals surface area contributed by atoms with Crippen LogP contribution < -0.4 is 0 Å². The minimum absolute atomic E-state index is 0.135. The Kier molecular flexibility index (Phi) is 7.28. The zero-order valence-corrected chi connectivity index (χ0v) is 9.10. The van der Waals surface area contributed by atoms with E-state index in [-0.39, 0.29) is 18.9 Å². The normalized spacial score (nSPS) is 32.1. The summed E-state index contributed by atoms with van der Waals surface area (Å²) in [6, 6.07) is 0. The van der Waals surface area contributed by atoms with Crippen LogP contribution in [0.25, 0.3) is 0 Å². The SMILES string of the molecule is C/C=C/C=O.CC1OC(C)OC(C)O1. The molecular weight excluding hydrogens is 184 g/mol. The van der Waals surface area contributed by atoms with Crippen molar-refractivity contribution in [1.29, 1.82) is 0 Å². The van der Waals surface area contributed by atoms with Crippen LogP contribution in [0.5, 0.6) is 0 Å². The summed E-state index contributed by atoms with van der Waals surface area (Å²) in [5.74, 6) is 0. The van der Waals surface area contributed by atoms with E-state index in [1.807, 2.05) is 20.8 Å². The van der Waals surface area contributed by atoms with Crippen molar-refractivity contribution in [3.8, 4) is 0 Å². The van der Waals surface area contributed by atoms with Crippen LogP contribution in [-0.2, 0) is 19.0 Å². The molecule has 0 atom stereocenters. The summed E-state index contributed by atoms with van der Waals surface area (Å²) in [7, 11) is 0. The number of ether oxygens (including phenoxy) is 3. The van der Waals surface area contributed by atoms with Crippen LogP contribution in [0.1, 0.15) is 27.7 Å². The molecule has 0 amide bonds. The highest BCUT2D eigenvalue weighted by atomic mass is 16.9. The second kappa shape index (κ2) is 7.67. The van der Waals surface area contributed by atoms with Crippen molar-refractivity contribution in [3.63, 3.8) is 0 Å². The van der Waals surface area contributed by atoms with Gasteiger partial charge in [-0.3, -0.25) is 4.79 Å². The highest BCUT2D eigenvalue weighted by molar-refractivity contribution is 5.64. The standard InChI is InChI=1S/C6H12O3.C4H6O/c1-4-7-5(2)9-6(3)8-4;1-2-3-4-5/h4-6H,1-3H3;2-4H,1H3/b;3-2+. The largest absolute Gasteiger partial charge is 0.324 e. The fourth-order valence-corrected chi connectivity index (χ4v) is 0.984. The van der Waals surface area contributed by atoms with Crippen molar-refractivity contribution in [2.24, 2.45) is 0 Å². The van der Waals surface area contributed by atoms with Crippen molar-refractivity contribution in [3.05, 3.63) is 12.2 Å². The first kappa shape index (κ1) is 13.3. The van der Waals surface area contributed by atoms with Crippen molar-refractivity contribution >= 4 is 6.29 Å². The van der Waals surface area contributed by atoms with Gasteiger partial charge in [0.15, 0.2) is 18.9 Å². The van der Waals surface area contributed by atoms with Crippen LogP contribution in [0.3, 0.4) is 0 Å². The molecule has 82 valence electrons. The lowest BCUT2D eigenvalue weighted by molar-refractivity contribution is -0.367. The Morgan fingerprint density at radius 2 is 1.29 bits per heavy atom. The third-order valence-electron chi connectivity index (χ3n) is 1.42. The van der Waals surface area contributed by atoms with Crippen molar-refractivity contribution < 1.29 is 19.0 Å². The van der Waals surface area contributed by atoms with Gasteiger partial charge in [-0.2, -0.15) is 0 Å². The molecule has 1 aliphatic rings. The fourth-order valence-electron chi connectivity index (χ4n) is 0.984. The van der Waals surface area contributed by atoms with Gasteiger partial charge in [-0.25, -0.2) is 0 Å². The molecule has 0 aromatic rings. The molecule has 1 fully saturated rings. The van der Waals surface area contributed by atoms with Crippen LogP contribution in [0.15, 0.2) is 12.2 Å². The summed E-state index contributed by atoms with van der Waals surface area (Å²) in [6.07, 6.45) is 3.48. The average Bonchev–Trinajstić information content (AvgIpc) is 2.03. The number of rotatable bonds is 1. The third kappa shape index (κ3) is 6.77. The first-order valence-electron chi connectivity index (χ1n) is 4.63. The molecule has 0 spiro atoms. The van der Waals surface area contributed by atoms with Crippen molar-refractivity contribution in [2.45, 2.75) is 46.6 Å². The smallest absolute Gasteiger partial charge is 0.161 e. The van der Waals surface area contributed by atoms with Crippen LogP contribution >= 0.6 is 0 Å². The molecule has 4 nitrogen and oxygen atoms in total. The molecule has 14 heavy (non-hydrogen) atoms. The monoisotopic (exact) mass is 202 g/mol. The van der Waals surface area contributed by atoms with Gasteiger partial charge >= 0.3 is 0 Å². The number of hydrogen-bond acceptors (Lipinski definition) is 4. The van der Waals surface area contributed by atoms with Crippen molar-refractivity contribution in [1.82, 2.24) is 0 Å². The molecule has 0 aliphatic carbocycles. The van der Waals surface area contributed by atoms with Gasteiger partial charge in [0.2, 0.25) is 0 Å². The van der Waals surface area contributed by atoms with Gasteiger partial charge in [0.1, 0.15) is 6.29 Å². The summed E-state index contributed by atoms with van der Waals surface area (Å²) < 4.78 is 15.3. The Labute approximate surface area is 84.8 Å². The molecule has 4 heteroatoms. The van der Waals surface area contributed by atoms with Crippen molar-refractivity contribution in [2.75, 3.05) is 0 Å². The van der Waals surface area contributed by atoms with E-state index < -0.39 is 0 Å². The van der Waals surface area contributed by atoms with Gasteiger partial charge in [0.25, 0.3) is 0 Å². The Balaban J connectivity index is 0.000000292. The first-order chi connectivity index (χ1) is 6.60. The van der Waals surface area contributed by atoms with E-state index in [9.17, 15) is 4.79 Å². The van der Waals surface area contributed by atoms with E-state index >= 15 is 0 Å². The quantitative estimate of drug-likeness (QED) is 0.481. The fraction of sp³-hybridized carbons (Fsp3) is 0.700. The molecule has 0 aromatic carbocycles. The topological polar surface area (TPSA) is 44.8 Å². The predicted octanol–water partition coefficient (Wildman–Crippen LogP) is 1.85. The number of carbonyl (C=O) groups excluding carboxylic acids is 1. The molecule has 0 saturated carbocycles. The molecule has 0 bridgehead atoms. The maximum absolute atomic E-state index is 9.32. The van der Waals surface area contributed by atoms with E-state index in [0.29, 0.717) is 0 Å². The zero-order valence-electron chi connectivity index (χ0n) is 9.10. The molecule has 0 radical (unpaired) electrons. The highest BCUT2D eigenvalue weighted by Gasteiger charge is 2.20. The van der Waals surface area contributed by atoms with E-state index in [1.54, 1.807) is 13.0 Å². The highest BCUT2D eigenvalue weighted by Crippen LogP contribution is 2.13. The van der Waals surface area contributed by atoms with E-state index in [4.69, 9.17) is 14.2 Å². The molecule has 0 N–H and O–H groups in total.